The van der Waals surface area contributed by atoms with Gasteiger partial charge in [0.2, 0.25) is 0 Å². The van der Waals surface area contributed by atoms with E-state index in [1.54, 1.807) is 66.7 Å². The predicted octanol–water partition coefficient (Wildman–Crippen LogP) is 6.05. The maximum Gasteiger partial charge on any atom is 0.336 e. The molecule has 1 fully saturated rings. The number of unbranched alkanes of at least 4 members (excludes halogenated alkanes) is 1. The standard InChI is InChI=1S/C39H42ClNO12/c1-49-37-21-26(15-19-39(46)52-31-11-6-8-27(20-31)24-51-41(47)48)14-18-36(37)53-38(45)13-5-3-2-4-12-32-33(35(44)23-34(32)43)17-16-29(42)25-50-30-10-7-9-28(40)22-30/h2,4,6-11,14-22,29,32-35,42-44H,3,5,12-13,23-25H2,1H3/t29-,32-,33-,34+,35-/m1/s1. The van der Waals surface area contributed by atoms with Crippen molar-refractivity contribution in [3.63, 3.8) is 0 Å². The van der Waals surface area contributed by atoms with Crippen molar-refractivity contribution in [1.82, 2.24) is 0 Å². The van der Waals surface area contributed by atoms with Crippen molar-refractivity contribution in [3.8, 4) is 23.0 Å². The number of carbonyl (C=O) groups excluding carboxylic acids is 2. The average Bonchev–Trinajstić information content (AvgIpc) is 3.40. The van der Waals surface area contributed by atoms with Crippen LogP contribution in [0.2, 0.25) is 5.02 Å². The summed E-state index contributed by atoms with van der Waals surface area (Å²) < 4.78 is 21.7. The average molecular weight is 752 g/mol. The van der Waals surface area contributed by atoms with Gasteiger partial charge in [-0.1, -0.05) is 60.2 Å². The molecule has 0 saturated heterocycles. The zero-order chi connectivity index (χ0) is 38.2. The smallest absolute Gasteiger partial charge is 0.336 e. The lowest BCUT2D eigenvalue weighted by Crippen LogP contribution is -2.21. The van der Waals surface area contributed by atoms with E-state index in [0.29, 0.717) is 41.2 Å². The molecule has 13 nitrogen and oxygen atoms in total. The zero-order valence-electron chi connectivity index (χ0n) is 29.0. The number of aliphatic hydroxyl groups is 3. The maximum absolute atomic E-state index is 12.6. The number of allylic oxidation sites excluding steroid dienone is 2. The van der Waals surface area contributed by atoms with Crippen LogP contribution >= 0.6 is 11.6 Å². The molecule has 1 aliphatic rings. The Morgan fingerprint density at radius 2 is 1.79 bits per heavy atom. The number of benzene rings is 3. The first-order valence-electron chi connectivity index (χ1n) is 16.9. The number of methoxy groups -OCH3 is 1. The topological polar surface area (TPSA) is 184 Å². The van der Waals surface area contributed by atoms with Crippen LogP contribution in [0.25, 0.3) is 6.08 Å². The number of hydrogen-bond acceptors (Lipinski definition) is 12. The van der Waals surface area contributed by atoms with Crippen LogP contribution < -0.4 is 18.9 Å². The van der Waals surface area contributed by atoms with Crippen LogP contribution in [0.15, 0.2) is 97.1 Å². The van der Waals surface area contributed by atoms with Gasteiger partial charge in [-0.05, 0) is 84.8 Å². The van der Waals surface area contributed by atoms with Crippen molar-refractivity contribution >= 4 is 29.6 Å². The highest BCUT2D eigenvalue weighted by Crippen LogP contribution is 2.36. The summed E-state index contributed by atoms with van der Waals surface area (Å²) in [5.74, 6) is -0.476. The van der Waals surface area contributed by atoms with Crippen LogP contribution in [-0.4, -0.2) is 64.4 Å². The third-order valence-electron chi connectivity index (χ3n) is 8.29. The van der Waals surface area contributed by atoms with E-state index in [9.17, 15) is 35.0 Å². The van der Waals surface area contributed by atoms with E-state index in [2.05, 4.69) is 4.84 Å². The number of ether oxygens (including phenoxy) is 4. The summed E-state index contributed by atoms with van der Waals surface area (Å²) in [4.78, 5) is 39.6. The van der Waals surface area contributed by atoms with Gasteiger partial charge in [0.25, 0.3) is 5.09 Å². The Bertz CT molecular complexity index is 1780. The Labute approximate surface area is 311 Å². The molecule has 0 bridgehead atoms. The van der Waals surface area contributed by atoms with Gasteiger partial charge in [-0.15, -0.1) is 10.1 Å². The first-order chi connectivity index (χ1) is 25.5. The summed E-state index contributed by atoms with van der Waals surface area (Å²) in [7, 11) is 1.43. The molecule has 3 aromatic rings. The number of nitrogens with zero attached hydrogens (tertiary/aromatic N) is 1. The summed E-state index contributed by atoms with van der Waals surface area (Å²) in [6.07, 6.45) is 9.50. The minimum Gasteiger partial charge on any atom is -0.493 e. The van der Waals surface area contributed by atoms with Gasteiger partial charge in [0.15, 0.2) is 11.5 Å². The molecule has 5 atom stereocenters. The van der Waals surface area contributed by atoms with Crippen LogP contribution in [0.4, 0.5) is 0 Å². The molecule has 4 rings (SSSR count). The van der Waals surface area contributed by atoms with E-state index in [4.69, 9.17) is 30.5 Å². The predicted molar refractivity (Wildman–Crippen MR) is 195 cm³/mol. The van der Waals surface area contributed by atoms with Gasteiger partial charge in [-0.2, -0.15) is 0 Å². The van der Waals surface area contributed by atoms with E-state index in [0.717, 1.165) is 0 Å². The lowest BCUT2D eigenvalue weighted by Gasteiger charge is -2.19. The van der Waals surface area contributed by atoms with Gasteiger partial charge < -0.3 is 39.1 Å². The second-order valence-corrected chi connectivity index (χ2v) is 12.7. The lowest BCUT2D eigenvalue weighted by molar-refractivity contribution is -0.763. The Kier molecular flexibility index (Phi) is 15.9. The molecule has 53 heavy (non-hydrogen) atoms. The molecule has 3 aromatic carbocycles. The van der Waals surface area contributed by atoms with Crippen molar-refractivity contribution in [2.75, 3.05) is 13.7 Å². The van der Waals surface area contributed by atoms with Crippen LogP contribution in [-0.2, 0) is 21.0 Å². The van der Waals surface area contributed by atoms with Crippen molar-refractivity contribution < 1.29 is 53.8 Å². The molecule has 0 aromatic heterocycles. The normalized spacial score (nSPS) is 19.0. The second-order valence-electron chi connectivity index (χ2n) is 12.2. The molecule has 0 radical (unpaired) electrons. The number of halogens is 1. The quantitative estimate of drug-likeness (QED) is 0.0245. The number of carbonyl (C=O) groups is 2. The summed E-state index contributed by atoms with van der Waals surface area (Å²) in [5.41, 5.74) is 1.03. The monoisotopic (exact) mass is 751 g/mol. The SMILES string of the molecule is COc1cc(C=CC(=O)Oc2cccc(CO[N+](=O)[O-])c2)ccc1OC(=O)CCCC=CC[C@@H]1[C@@H](C=C[C@@H](O)COc2cccc(Cl)c2)[C@H](O)C[C@@H]1O. The number of aliphatic hydroxyl groups excluding tert-OH is 3. The van der Waals surface area contributed by atoms with Crippen LogP contribution in [0.3, 0.4) is 0 Å². The van der Waals surface area contributed by atoms with E-state index in [-0.39, 0.29) is 55.1 Å². The van der Waals surface area contributed by atoms with Crippen molar-refractivity contribution in [2.24, 2.45) is 11.8 Å². The lowest BCUT2D eigenvalue weighted by atomic mass is 9.89. The van der Waals surface area contributed by atoms with Crippen molar-refractivity contribution in [3.05, 3.63) is 123 Å². The first kappa shape index (κ1) is 40.6. The summed E-state index contributed by atoms with van der Waals surface area (Å²) in [5, 5.41) is 41.5. The molecule has 1 saturated carbocycles. The zero-order valence-corrected chi connectivity index (χ0v) is 29.7. The third kappa shape index (κ3) is 13.7. The molecular formula is C39H42ClNO12. The van der Waals surface area contributed by atoms with Gasteiger partial charge in [-0.25, -0.2) is 4.79 Å². The van der Waals surface area contributed by atoms with Gasteiger partial charge >= 0.3 is 11.9 Å². The van der Waals surface area contributed by atoms with Crippen LogP contribution in [0.5, 0.6) is 23.0 Å². The van der Waals surface area contributed by atoms with E-state index in [1.807, 2.05) is 12.2 Å². The third-order valence-corrected chi connectivity index (χ3v) is 8.53. The Morgan fingerprint density at radius 3 is 2.57 bits per heavy atom. The van der Waals surface area contributed by atoms with Gasteiger partial charge in [0.1, 0.15) is 30.8 Å². The molecule has 282 valence electrons. The van der Waals surface area contributed by atoms with Gasteiger partial charge in [0.05, 0.1) is 19.3 Å². The molecule has 14 heteroatoms. The fraction of sp³-hybridized carbons (Fsp3) is 0.333. The molecule has 3 N–H and O–H groups in total. The first-order valence-corrected chi connectivity index (χ1v) is 17.3. The number of rotatable bonds is 19. The van der Waals surface area contributed by atoms with Gasteiger partial charge in [-0.3, -0.25) is 4.79 Å². The molecule has 0 spiro atoms. The fourth-order valence-electron chi connectivity index (χ4n) is 5.68. The minimum atomic E-state index is -0.911. The van der Waals surface area contributed by atoms with Crippen molar-refractivity contribution in [1.29, 1.82) is 0 Å². The molecule has 1 aliphatic carbocycles. The summed E-state index contributed by atoms with van der Waals surface area (Å²) in [6.45, 7) is -0.269. The molecule has 0 aliphatic heterocycles. The van der Waals surface area contributed by atoms with Gasteiger partial charge in [0, 0.05) is 29.9 Å². The Hall–Kier alpha value is -5.21. The van der Waals surface area contributed by atoms with Crippen molar-refractivity contribution in [2.45, 2.75) is 57.0 Å². The molecular weight excluding hydrogens is 710 g/mol. The van der Waals surface area contributed by atoms with E-state index < -0.39 is 35.3 Å². The number of esters is 2. The largest absolute Gasteiger partial charge is 0.493 e. The molecule has 0 heterocycles. The van der Waals surface area contributed by atoms with Crippen LogP contribution in [0, 0.1) is 22.0 Å². The Morgan fingerprint density at radius 1 is 1.00 bits per heavy atom. The van der Waals surface area contributed by atoms with E-state index in [1.165, 1.54) is 31.4 Å². The summed E-state index contributed by atoms with van der Waals surface area (Å²) >= 11 is 5.96. The fourth-order valence-corrected chi connectivity index (χ4v) is 5.86. The highest BCUT2D eigenvalue weighted by Gasteiger charge is 2.39. The maximum atomic E-state index is 12.6. The highest BCUT2D eigenvalue weighted by atomic mass is 35.5. The second kappa shape index (κ2) is 20.7. The highest BCUT2D eigenvalue weighted by molar-refractivity contribution is 6.30. The molecule has 0 amide bonds. The summed E-state index contributed by atoms with van der Waals surface area (Å²) in [6, 6.07) is 17.8. The minimum absolute atomic E-state index is 0.0101. The number of hydrogen-bond donors (Lipinski definition) is 3. The molecule has 0 unspecified atom stereocenters. The van der Waals surface area contributed by atoms with Crippen LogP contribution in [0.1, 0.15) is 43.2 Å². The van der Waals surface area contributed by atoms with E-state index >= 15 is 0 Å². The Balaban J connectivity index is 1.19.